The summed E-state index contributed by atoms with van der Waals surface area (Å²) in [6.45, 7) is 7.33. The highest BCUT2D eigenvalue weighted by Gasteiger charge is 2.62. The van der Waals surface area contributed by atoms with E-state index in [2.05, 4.69) is 20.8 Å². The number of hydrogen-bond acceptors (Lipinski definition) is 3. The van der Waals surface area contributed by atoms with E-state index in [0.29, 0.717) is 52.0 Å². The molecule has 9 atom stereocenters. The average Bonchev–Trinajstić information content (AvgIpc) is 3.17. The highest BCUT2D eigenvalue weighted by atomic mass is 32.2. The standard InChI is InChI=1S/C26H40O3S/c1-24-11-5-4-6-17(24)14-20(27)23-18-8-7-16(25(18,2)12-10-19(23)24)9-13-26(3)21(30-26)15-22(28)29/h16-19,21,23H,4-15H2,1-3H3,(H,28,29). The van der Waals surface area contributed by atoms with E-state index in [1.807, 2.05) is 11.8 Å². The molecular weight excluding hydrogens is 392 g/mol. The van der Waals surface area contributed by atoms with Gasteiger partial charge in [0.15, 0.2) is 0 Å². The minimum absolute atomic E-state index is 0.174. The second-order valence-corrected chi connectivity index (χ2v) is 14.0. The SMILES string of the molecule is CC1(CCC2CCC3C4C(=O)CC5CCCCC5(C)C4CCC23C)SC1CC(=O)O. The fourth-order valence-electron chi connectivity index (χ4n) is 8.93. The second-order valence-electron chi connectivity index (χ2n) is 12.2. The highest BCUT2D eigenvalue weighted by Crippen LogP contribution is 2.68. The molecule has 4 aliphatic carbocycles. The topological polar surface area (TPSA) is 54.4 Å². The lowest BCUT2D eigenvalue weighted by Gasteiger charge is -2.59. The van der Waals surface area contributed by atoms with E-state index in [-0.39, 0.29) is 4.75 Å². The van der Waals surface area contributed by atoms with Gasteiger partial charge >= 0.3 is 5.97 Å². The molecule has 30 heavy (non-hydrogen) atoms. The Labute approximate surface area is 186 Å². The fraction of sp³-hybridized carbons (Fsp3) is 0.923. The number of carbonyl (C=O) groups is 2. The first-order chi connectivity index (χ1) is 14.2. The van der Waals surface area contributed by atoms with Gasteiger partial charge in [0, 0.05) is 22.3 Å². The van der Waals surface area contributed by atoms with Gasteiger partial charge in [0.05, 0.1) is 6.42 Å². The molecule has 0 aromatic rings. The number of carbonyl (C=O) groups excluding carboxylic acids is 1. The Morgan fingerprint density at radius 3 is 2.57 bits per heavy atom. The minimum atomic E-state index is -0.659. The molecule has 3 nitrogen and oxygen atoms in total. The highest BCUT2D eigenvalue weighted by molar-refractivity contribution is 8.08. The third-order valence-electron chi connectivity index (χ3n) is 11.0. The van der Waals surface area contributed by atoms with Crippen LogP contribution in [0.25, 0.3) is 0 Å². The number of ketones is 1. The number of thioether (sulfide) groups is 1. The summed E-state index contributed by atoms with van der Waals surface area (Å²) >= 11 is 1.87. The summed E-state index contributed by atoms with van der Waals surface area (Å²) < 4.78 is 0.174. The fourth-order valence-corrected chi connectivity index (χ4v) is 10.2. The molecule has 168 valence electrons. The van der Waals surface area contributed by atoms with Gasteiger partial charge in [0.2, 0.25) is 0 Å². The molecule has 5 aliphatic rings. The van der Waals surface area contributed by atoms with Crippen molar-refractivity contribution in [3.8, 4) is 0 Å². The molecule has 5 rings (SSSR count). The number of rotatable bonds is 5. The summed E-state index contributed by atoms with van der Waals surface area (Å²) in [4.78, 5) is 24.5. The van der Waals surface area contributed by atoms with Gasteiger partial charge < -0.3 is 5.11 Å². The lowest BCUT2D eigenvalue weighted by atomic mass is 9.44. The monoisotopic (exact) mass is 432 g/mol. The van der Waals surface area contributed by atoms with Crippen LogP contribution in [0.3, 0.4) is 0 Å². The van der Waals surface area contributed by atoms with E-state index in [0.717, 1.165) is 18.8 Å². The van der Waals surface area contributed by atoms with Crippen molar-refractivity contribution < 1.29 is 14.7 Å². The van der Waals surface area contributed by atoms with Crippen LogP contribution in [0, 0.1) is 40.4 Å². The molecule has 5 fully saturated rings. The van der Waals surface area contributed by atoms with Gasteiger partial charge in [0.1, 0.15) is 5.78 Å². The van der Waals surface area contributed by atoms with Gasteiger partial charge in [-0.1, -0.05) is 26.7 Å². The molecule has 4 heteroatoms. The first-order valence-electron chi connectivity index (χ1n) is 12.6. The van der Waals surface area contributed by atoms with Crippen LogP contribution in [0.5, 0.6) is 0 Å². The number of fused-ring (bicyclic) bond motifs is 5. The third kappa shape index (κ3) is 3.21. The summed E-state index contributed by atoms with van der Waals surface area (Å²) in [5.74, 6) is 2.90. The number of Topliss-reactive ketones (excluding diaryl/α,β-unsaturated/α-hetero) is 1. The first-order valence-corrected chi connectivity index (χ1v) is 13.5. The predicted molar refractivity (Wildman–Crippen MR) is 121 cm³/mol. The smallest absolute Gasteiger partial charge is 0.304 e. The molecule has 1 heterocycles. The molecule has 0 spiro atoms. The summed E-state index contributed by atoms with van der Waals surface area (Å²) in [5, 5.41) is 9.43. The maximum absolute atomic E-state index is 13.4. The van der Waals surface area contributed by atoms with Crippen molar-refractivity contribution >= 4 is 23.5 Å². The molecule has 0 bridgehead atoms. The van der Waals surface area contributed by atoms with Crippen molar-refractivity contribution in [2.24, 2.45) is 40.4 Å². The number of carboxylic acid groups (broad SMARTS) is 1. The summed E-state index contributed by atoms with van der Waals surface area (Å²) in [6.07, 6.45) is 14.0. The van der Waals surface area contributed by atoms with E-state index in [4.69, 9.17) is 5.11 Å². The molecule has 1 saturated heterocycles. The van der Waals surface area contributed by atoms with E-state index in [1.54, 1.807) is 0 Å². The molecule has 4 saturated carbocycles. The second kappa shape index (κ2) is 7.25. The Kier molecular flexibility index (Phi) is 5.16. The van der Waals surface area contributed by atoms with E-state index < -0.39 is 5.97 Å². The Bertz CT molecular complexity index is 736. The predicted octanol–water partition coefficient (Wildman–Crippen LogP) is 6.34. The normalized spacial score (nSPS) is 52.3. The van der Waals surface area contributed by atoms with Crippen LogP contribution >= 0.6 is 11.8 Å². The maximum Gasteiger partial charge on any atom is 0.304 e. The van der Waals surface area contributed by atoms with Gasteiger partial charge in [-0.3, -0.25) is 9.59 Å². The number of aliphatic carboxylic acids is 1. The third-order valence-corrected chi connectivity index (χ3v) is 12.7. The minimum Gasteiger partial charge on any atom is -0.481 e. The number of hydrogen-bond donors (Lipinski definition) is 1. The van der Waals surface area contributed by atoms with Gasteiger partial charge in [0.25, 0.3) is 0 Å². The largest absolute Gasteiger partial charge is 0.481 e. The summed E-state index contributed by atoms with van der Waals surface area (Å²) in [7, 11) is 0. The van der Waals surface area contributed by atoms with Crippen molar-refractivity contribution in [1.82, 2.24) is 0 Å². The van der Waals surface area contributed by atoms with Crippen molar-refractivity contribution in [3.63, 3.8) is 0 Å². The number of carboxylic acids is 1. The molecule has 0 amide bonds. The van der Waals surface area contributed by atoms with Crippen molar-refractivity contribution in [2.75, 3.05) is 0 Å². The molecule has 9 unspecified atom stereocenters. The van der Waals surface area contributed by atoms with Gasteiger partial charge in [-0.2, -0.15) is 0 Å². The van der Waals surface area contributed by atoms with Crippen LogP contribution in [-0.4, -0.2) is 26.9 Å². The molecule has 0 radical (unpaired) electrons. The van der Waals surface area contributed by atoms with Crippen LogP contribution in [-0.2, 0) is 9.59 Å². The lowest BCUT2D eigenvalue weighted by molar-refractivity contribution is -0.155. The maximum atomic E-state index is 13.4. The summed E-state index contributed by atoms with van der Waals surface area (Å²) in [5.41, 5.74) is 0.741. The average molecular weight is 433 g/mol. The Balaban J connectivity index is 1.29. The molecule has 0 aromatic carbocycles. The lowest BCUT2D eigenvalue weighted by Crippen LogP contribution is -2.56. The van der Waals surface area contributed by atoms with E-state index in [9.17, 15) is 9.59 Å². The van der Waals surface area contributed by atoms with Crippen molar-refractivity contribution in [2.45, 2.75) is 108 Å². The van der Waals surface area contributed by atoms with Crippen LogP contribution in [0.15, 0.2) is 0 Å². The van der Waals surface area contributed by atoms with E-state index >= 15 is 0 Å². The van der Waals surface area contributed by atoms with Crippen molar-refractivity contribution in [1.29, 1.82) is 0 Å². The molecule has 1 N–H and O–H groups in total. The van der Waals surface area contributed by atoms with Crippen LogP contribution in [0.4, 0.5) is 0 Å². The van der Waals surface area contributed by atoms with Gasteiger partial charge in [-0.05, 0) is 92.8 Å². The van der Waals surface area contributed by atoms with Crippen LogP contribution in [0.2, 0.25) is 0 Å². The Hall–Kier alpha value is -0.510. The zero-order chi connectivity index (χ0) is 21.3. The quantitative estimate of drug-likeness (QED) is 0.515. The Morgan fingerprint density at radius 2 is 1.80 bits per heavy atom. The Morgan fingerprint density at radius 1 is 1.03 bits per heavy atom. The molecule has 1 aliphatic heterocycles. The molecular formula is C26H40O3S. The molecule has 0 aromatic heterocycles. The zero-order valence-corrected chi connectivity index (χ0v) is 19.9. The van der Waals surface area contributed by atoms with Crippen molar-refractivity contribution in [3.05, 3.63) is 0 Å². The first kappa shape index (κ1) is 21.3. The van der Waals surface area contributed by atoms with Gasteiger partial charge in [-0.25, -0.2) is 0 Å². The van der Waals surface area contributed by atoms with Gasteiger partial charge in [-0.15, -0.1) is 11.8 Å². The zero-order valence-electron chi connectivity index (χ0n) is 19.1. The van der Waals surface area contributed by atoms with Crippen LogP contribution in [0.1, 0.15) is 97.8 Å². The summed E-state index contributed by atoms with van der Waals surface area (Å²) in [6, 6.07) is 0. The van der Waals surface area contributed by atoms with Crippen LogP contribution < -0.4 is 0 Å². The van der Waals surface area contributed by atoms with E-state index in [1.165, 1.54) is 57.8 Å².